The zero-order valence-electron chi connectivity index (χ0n) is 16.9. The van der Waals surface area contributed by atoms with E-state index in [1.807, 2.05) is 0 Å². The number of benzene rings is 1. The third-order valence-corrected chi connectivity index (χ3v) is 5.19. The maximum Gasteiger partial charge on any atom is 0.250 e. The Labute approximate surface area is 177 Å². The highest BCUT2D eigenvalue weighted by molar-refractivity contribution is 5.83. The van der Waals surface area contributed by atoms with Crippen molar-refractivity contribution in [3.05, 3.63) is 36.4 Å². The molecule has 164 valence electrons. The molecule has 4 rings (SSSR count). The van der Waals surface area contributed by atoms with Crippen LogP contribution in [0.5, 0.6) is 11.5 Å². The van der Waals surface area contributed by atoms with Crippen molar-refractivity contribution in [2.75, 3.05) is 19.5 Å². The molecule has 1 amide bonds. The first kappa shape index (κ1) is 20.8. The van der Waals surface area contributed by atoms with Crippen molar-refractivity contribution >= 4 is 22.9 Å². The Morgan fingerprint density at radius 3 is 2.90 bits per heavy atom. The molecule has 0 radical (unpaired) electrons. The molecule has 4 unspecified atom stereocenters. The zero-order chi connectivity index (χ0) is 22.1. The average molecular weight is 429 g/mol. The maximum atomic E-state index is 12.0. The van der Waals surface area contributed by atoms with Gasteiger partial charge in [0.05, 0.1) is 19.5 Å². The number of aromatic nitrogens is 4. The second-order valence-electron chi connectivity index (χ2n) is 7.02. The van der Waals surface area contributed by atoms with Gasteiger partial charge in [-0.2, -0.15) is 0 Å². The van der Waals surface area contributed by atoms with E-state index in [4.69, 9.17) is 15.2 Å². The molecule has 12 nitrogen and oxygen atoms in total. The summed E-state index contributed by atoms with van der Waals surface area (Å²) in [5, 5.41) is 26.2. The standard InChI is InChI=1S/C19H23N7O5/c1-21-18(29)15-12(20)14(28)19(31-15)26-8-25-13-16(23-7-24-17(13)26)22-6-9-5-10(30-2)3-4-11(9)27/h3-5,7-8,12,14-15,19,27-28H,6,20H2,1-2H3,(H,21,29)(H,22,23,24). The van der Waals surface area contributed by atoms with Crippen LogP contribution in [0, 0.1) is 0 Å². The highest BCUT2D eigenvalue weighted by Gasteiger charge is 2.46. The molecule has 1 aromatic carbocycles. The first-order chi connectivity index (χ1) is 14.9. The highest BCUT2D eigenvalue weighted by atomic mass is 16.5. The molecule has 3 aromatic rings. The third-order valence-electron chi connectivity index (χ3n) is 5.19. The second-order valence-corrected chi connectivity index (χ2v) is 7.02. The van der Waals surface area contributed by atoms with Gasteiger partial charge in [-0.25, -0.2) is 15.0 Å². The molecule has 0 spiro atoms. The number of aromatic hydroxyl groups is 1. The fourth-order valence-corrected chi connectivity index (χ4v) is 3.48. The van der Waals surface area contributed by atoms with Crippen LogP contribution in [0.2, 0.25) is 0 Å². The normalized spacial score (nSPS) is 23.1. The monoisotopic (exact) mass is 429 g/mol. The molecule has 1 fully saturated rings. The number of carbonyl (C=O) groups is 1. The quantitative estimate of drug-likeness (QED) is 0.344. The number of aliphatic hydroxyl groups is 1. The summed E-state index contributed by atoms with van der Waals surface area (Å²) in [6.07, 6.45) is -0.295. The molecule has 4 atom stereocenters. The molecule has 31 heavy (non-hydrogen) atoms. The van der Waals surface area contributed by atoms with Crippen LogP contribution in [0.3, 0.4) is 0 Å². The summed E-state index contributed by atoms with van der Waals surface area (Å²) in [5.41, 5.74) is 7.40. The van der Waals surface area contributed by atoms with E-state index in [-0.39, 0.29) is 12.3 Å². The van der Waals surface area contributed by atoms with Gasteiger partial charge in [-0.3, -0.25) is 9.36 Å². The average Bonchev–Trinajstić information content (AvgIpc) is 3.34. The smallest absolute Gasteiger partial charge is 0.250 e. The molecule has 0 aliphatic carbocycles. The van der Waals surface area contributed by atoms with E-state index < -0.39 is 30.4 Å². The Morgan fingerprint density at radius 2 is 2.16 bits per heavy atom. The topological polar surface area (TPSA) is 170 Å². The van der Waals surface area contributed by atoms with Crippen LogP contribution in [0.4, 0.5) is 5.82 Å². The number of phenols is 1. The van der Waals surface area contributed by atoms with Crippen molar-refractivity contribution in [1.82, 2.24) is 24.8 Å². The number of hydrogen-bond donors (Lipinski definition) is 5. The van der Waals surface area contributed by atoms with Gasteiger partial charge < -0.3 is 36.1 Å². The minimum Gasteiger partial charge on any atom is -0.508 e. The lowest BCUT2D eigenvalue weighted by Gasteiger charge is -2.16. The van der Waals surface area contributed by atoms with E-state index in [9.17, 15) is 15.0 Å². The second kappa shape index (κ2) is 8.34. The van der Waals surface area contributed by atoms with E-state index in [0.29, 0.717) is 28.3 Å². The molecular weight excluding hydrogens is 406 g/mol. The van der Waals surface area contributed by atoms with Gasteiger partial charge in [-0.05, 0) is 18.2 Å². The van der Waals surface area contributed by atoms with Gasteiger partial charge in [-0.1, -0.05) is 0 Å². The summed E-state index contributed by atoms with van der Waals surface area (Å²) in [6.45, 7) is 0.258. The summed E-state index contributed by atoms with van der Waals surface area (Å²) < 4.78 is 12.4. The number of nitrogens with two attached hydrogens (primary N) is 1. The number of amides is 1. The molecular formula is C19H23N7O5. The first-order valence-corrected chi connectivity index (χ1v) is 9.52. The predicted molar refractivity (Wildman–Crippen MR) is 109 cm³/mol. The molecule has 3 heterocycles. The van der Waals surface area contributed by atoms with Crippen LogP contribution in [-0.2, 0) is 16.1 Å². The summed E-state index contributed by atoms with van der Waals surface area (Å²) >= 11 is 0. The van der Waals surface area contributed by atoms with Gasteiger partial charge in [0.1, 0.15) is 23.9 Å². The first-order valence-electron chi connectivity index (χ1n) is 9.52. The summed E-state index contributed by atoms with van der Waals surface area (Å²) in [6, 6.07) is 4.01. The number of nitrogens with one attached hydrogen (secondary N) is 2. The SMILES string of the molecule is CNC(=O)C1OC(n2cnc3c(NCc4cc(OC)ccc4O)ncnc32)C(O)C1N. The van der Waals surface area contributed by atoms with Crippen molar-refractivity contribution in [1.29, 1.82) is 0 Å². The molecule has 12 heteroatoms. The van der Waals surface area contributed by atoms with Crippen molar-refractivity contribution in [2.24, 2.45) is 5.73 Å². The number of likely N-dealkylation sites (N-methyl/N-ethyl adjacent to an activating group) is 1. The lowest BCUT2D eigenvalue weighted by Crippen LogP contribution is -2.46. The number of aliphatic hydroxyl groups excluding tert-OH is 1. The van der Waals surface area contributed by atoms with Crippen molar-refractivity contribution < 1.29 is 24.5 Å². The largest absolute Gasteiger partial charge is 0.508 e. The van der Waals surface area contributed by atoms with Crippen LogP contribution in [0.15, 0.2) is 30.9 Å². The lowest BCUT2D eigenvalue weighted by atomic mass is 10.1. The predicted octanol–water partition coefficient (Wildman–Crippen LogP) is -0.516. The third kappa shape index (κ3) is 3.71. The van der Waals surface area contributed by atoms with Crippen LogP contribution in [-0.4, -0.2) is 68.0 Å². The number of anilines is 1. The number of hydrogen-bond acceptors (Lipinski definition) is 10. The summed E-state index contributed by atoms with van der Waals surface area (Å²) in [5.74, 6) is 0.723. The number of phenolic OH excluding ortho intramolecular Hbond substituents is 1. The van der Waals surface area contributed by atoms with E-state index in [1.54, 1.807) is 25.3 Å². The van der Waals surface area contributed by atoms with Crippen LogP contribution in [0.1, 0.15) is 11.8 Å². The molecule has 2 aromatic heterocycles. The number of ether oxygens (including phenoxy) is 2. The van der Waals surface area contributed by atoms with Crippen LogP contribution in [0.25, 0.3) is 11.2 Å². The Morgan fingerprint density at radius 1 is 1.35 bits per heavy atom. The number of imidazole rings is 1. The van der Waals surface area contributed by atoms with Gasteiger partial charge in [0, 0.05) is 19.2 Å². The summed E-state index contributed by atoms with van der Waals surface area (Å²) in [4.78, 5) is 24.8. The summed E-state index contributed by atoms with van der Waals surface area (Å²) in [7, 11) is 3.01. The van der Waals surface area contributed by atoms with Crippen LogP contribution >= 0.6 is 0 Å². The molecule has 1 saturated heterocycles. The van der Waals surface area contributed by atoms with Crippen molar-refractivity contribution in [3.63, 3.8) is 0 Å². The van der Waals surface area contributed by atoms with Gasteiger partial charge in [0.25, 0.3) is 5.91 Å². The van der Waals surface area contributed by atoms with Crippen LogP contribution < -0.4 is 21.1 Å². The minimum atomic E-state index is -1.14. The van der Waals surface area contributed by atoms with Gasteiger partial charge in [0.15, 0.2) is 29.3 Å². The number of carbonyl (C=O) groups excluding carboxylic acids is 1. The molecule has 6 N–H and O–H groups in total. The Balaban J connectivity index is 1.60. The molecule has 1 aliphatic heterocycles. The van der Waals surface area contributed by atoms with Crippen molar-refractivity contribution in [2.45, 2.75) is 31.0 Å². The van der Waals surface area contributed by atoms with Gasteiger partial charge >= 0.3 is 0 Å². The van der Waals surface area contributed by atoms with E-state index in [2.05, 4.69) is 25.6 Å². The molecule has 0 saturated carbocycles. The Kier molecular flexibility index (Phi) is 5.59. The van der Waals surface area contributed by atoms with Gasteiger partial charge in [-0.15, -0.1) is 0 Å². The maximum absolute atomic E-state index is 12.0. The minimum absolute atomic E-state index is 0.112. The fraction of sp³-hybridized carbons (Fsp3) is 0.368. The number of nitrogens with zero attached hydrogens (tertiary/aromatic N) is 4. The van der Waals surface area contributed by atoms with Crippen molar-refractivity contribution in [3.8, 4) is 11.5 Å². The van der Waals surface area contributed by atoms with E-state index >= 15 is 0 Å². The number of fused-ring (bicyclic) bond motifs is 1. The van der Waals surface area contributed by atoms with E-state index in [1.165, 1.54) is 24.3 Å². The lowest BCUT2D eigenvalue weighted by molar-refractivity contribution is -0.134. The molecule has 0 bridgehead atoms. The number of methoxy groups -OCH3 is 1. The number of rotatable bonds is 6. The van der Waals surface area contributed by atoms with E-state index in [0.717, 1.165) is 0 Å². The fourth-order valence-electron chi connectivity index (χ4n) is 3.48. The highest BCUT2D eigenvalue weighted by Crippen LogP contribution is 2.32. The Bertz CT molecular complexity index is 1100. The van der Waals surface area contributed by atoms with Gasteiger partial charge in [0.2, 0.25) is 0 Å². The zero-order valence-corrected chi connectivity index (χ0v) is 16.9. The Hall–Kier alpha value is -3.48. The molecule has 1 aliphatic rings.